The first-order valence-electron chi connectivity index (χ1n) is 4.63. The largest absolute Gasteiger partial charge is 0.497 e. The van der Waals surface area contributed by atoms with Gasteiger partial charge in [0.05, 0.1) is 12.0 Å². The fraction of sp³-hybridized carbons (Fsp3) is 0.0833. The van der Waals surface area contributed by atoms with Gasteiger partial charge in [-0.25, -0.2) is 0 Å². The second kappa shape index (κ2) is 4.68. The Morgan fingerprint density at radius 1 is 1.31 bits per heavy atom. The van der Waals surface area contributed by atoms with Gasteiger partial charge in [0, 0.05) is 15.5 Å². The number of carbonyl (C=O) groups is 1. The summed E-state index contributed by atoms with van der Waals surface area (Å²) in [7, 11) is 1.61. The normalized spacial score (nSPS) is 10.1. The number of benzene rings is 1. The number of thiophene rings is 1. The summed E-state index contributed by atoms with van der Waals surface area (Å²) in [5, 5.41) is 0.653. The molecule has 2 aromatic rings. The summed E-state index contributed by atoms with van der Waals surface area (Å²) in [5.74, 6) is 0.750. The van der Waals surface area contributed by atoms with Gasteiger partial charge < -0.3 is 4.74 Å². The van der Waals surface area contributed by atoms with E-state index in [0.29, 0.717) is 9.90 Å². The predicted octanol–water partition coefficient (Wildman–Crippen LogP) is 3.89. The van der Waals surface area contributed by atoms with Gasteiger partial charge in [-0.1, -0.05) is 11.6 Å². The van der Waals surface area contributed by atoms with Crippen LogP contribution < -0.4 is 4.74 Å². The number of rotatable bonds is 3. The van der Waals surface area contributed by atoms with Crippen molar-refractivity contribution in [3.63, 3.8) is 0 Å². The third-order valence-corrected chi connectivity index (χ3v) is 3.56. The lowest BCUT2D eigenvalue weighted by Crippen LogP contribution is -1.83. The fourth-order valence-electron chi connectivity index (χ4n) is 1.38. The minimum Gasteiger partial charge on any atom is -0.497 e. The summed E-state index contributed by atoms with van der Waals surface area (Å²) >= 11 is 7.51. The highest BCUT2D eigenvalue weighted by molar-refractivity contribution is 7.17. The van der Waals surface area contributed by atoms with Crippen LogP contribution in [0.25, 0.3) is 10.4 Å². The van der Waals surface area contributed by atoms with Crippen LogP contribution in [0.2, 0.25) is 5.02 Å². The average Bonchev–Trinajstić information content (AvgIpc) is 2.78. The fourth-order valence-corrected chi connectivity index (χ4v) is 2.51. The number of hydrogen-bond acceptors (Lipinski definition) is 3. The van der Waals surface area contributed by atoms with E-state index in [0.717, 1.165) is 22.5 Å². The van der Waals surface area contributed by atoms with E-state index in [9.17, 15) is 4.79 Å². The van der Waals surface area contributed by atoms with Crippen LogP contribution in [0.1, 0.15) is 9.67 Å². The molecule has 0 unspecified atom stereocenters. The Bertz CT molecular complexity index is 519. The molecule has 1 aromatic carbocycles. The first kappa shape index (κ1) is 11.2. The number of aldehydes is 1. The van der Waals surface area contributed by atoms with Crippen LogP contribution in [0.5, 0.6) is 5.75 Å². The van der Waals surface area contributed by atoms with Crippen LogP contribution in [0.3, 0.4) is 0 Å². The Hall–Kier alpha value is -1.32. The molecule has 82 valence electrons. The van der Waals surface area contributed by atoms with Gasteiger partial charge >= 0.3 is 0 Å². The summed E-state index contributed by atoms with van der Waals surface area (Å²) in [6.45, 7) is 0. The predicted molar refractivity (Wildman–Crippen MR) is 66.7 cm³/mol. The van der Waals surface area contributed by atoms with E-state index < -0.39 is 0 Å². The summed E-state index contributed by atoms with van der Waals surface area (Å²) in [4.78, 5) is 12.3. The number of halogens is 1. The molecule has 16 heavy (non-hydrogen) atoms. The van der Waals surface area contributed by atoms with Crippen molar-refractivity contribution in [2.75, 3.05) is 7.11 Å². The van der Waals surface area contributed by atoms with Crippen molar-refractivity contribution in [2.45, 2.75) is 0 Å². The lowest BCUT2D eigenvalue weighted by molar-refractivity contribution is 0.112. The maximum atomic E-state index is 10.6. The monoisotopic (exact) mass is 252 g/mol. The second-order valence-corrected chi connectivity index (χ2v) is 4.69. The van der Waals surface area contributed by atoms with Crippen LogP contribution in [0, 0.1) is 0 Å². The van der Waals surface area contributed by atoms with Gasteiger partial charge in [-0.3, -0.25) is 4.79 Å². The van der Waals surface area contributed by atoms with Crippen molar-refractivity contribution in [1.29, 1.82) is 0 Å². The molecule has 0 amide bonds. The standard InChI is InChI=1S/C12H9ClO2S/c1-15-8-2-4-11(13)10(6-8)12-5-3-9(7-14)16-12/h2-7H,1H3. The molecule has 0 aliphatic carbocycles. The SMILES string of the molecule is COc1ccc(Cl)c(-c2ccc(C=O)s2)c1. The Morgan fingerprint density at radius 3 is 2.75 bits per heavy atom. The highest BCUT2D eigenvalue weighted by atomic mass is 35.5. The quantitative estimate of drug-likeness (QED) is 0.775. The maximum Gasteiger partial charge on any atom is 0.160 e. The first-order valence-corrected chi connectivity index (χ1v) is 5.83. The molecule has 0 radical (unpaired) electrons. The maximum absolute atomic E-state index is 10.6. The molecule has 1 heterocycles. The molecule has 2 nitrogen and oxygen atoms in total. The van der Waals surface area contributed by atoms with Crippen molar-refractivity contribution in [3.05, 3.63) is 40.2 Å². The molecule has 1 aromatic heterocycles. The van der Waals surface area contributed by atoms with E-state index in [1.54, 1.807) is 25.3 Å². The zero-order valence-electron chi connectivity index (χ0n) is 8.57. The van der Waals surface area contributed by atoms with E-state index in [1.807, 2.05) is 12.1 Å². The van der Waals surface area contributed by atoms with Gasteiger partial charge in [0.15, 0.2) is 6.29 Å². The molecule has 2 rings (SSSR count). The van der Waals surface area contributed by atoms with E-state index in [1.165, 1.54) is 11.3 Å². The zero-order chi connectivity index (χ0) is 11.5. The van der Waals surface area contributed by atoms with Crippen LogP contribution in [-0.2, 0) is 0 Å². The lowest BCUT2D eigenvalue weighted by Gasteiger charge is -2.04. The van der Waals surface area contributed by atoms with Crippen molar-refractivity contribution in [1.82, 2.24) is 0 Å². The number of hydrogen-bond donors (Lipinski definition) is 0. The first-order chi connectivity index (χ1) is 7.74. The summed E-state index contributed by atoms with van der Waals surface area (Å²) in [5.41, 5.74) is 0.888. The highest BCUT2D eigenvalue weighted by Gasteiger charge is 2.08. The minimum atomic E-state index is 0.653. The second-order valence-electron chi connectivity index (χ2n) is 3.17. The molecule has 0 atom stereocenters. The molecule has 0 spiro atoms. The molecule has 0 saturated heterocycles. The average molecular weight is 253 g/mol. The van der Waals surface area contributed by atoms with Gasteiger partial charge in [-0.15, -0.1) is 11.3 Å². The molecule has 0 N–H and O–H groups in total. The molecular weight excluding hydrogens is 244 g/mol. The molecule has 0 fully saturated rings. The molecular formula is C12H9ClO2S. The van der Waals surface area contributed by atoms with E-state index >= 15 is 0 Å². The minimum absolute atomic E-state index is 0.653. The van der Waals surface area contributed by atoms with Gasteiger partial charge in [0.2, 0.25) is 0 Å². The van der Waals surface area contributed by atoms with E-state index in [2.05, 4.69) is 0 Å². The van der Waals surface area contributed by atoms with Gasteiger partial charge in [0.25, 0.3) is 0 Å². The van der Waals surface area contributed by atoms with Crippen molar-refractivity contribution in [3.8, 4) is 16.2 Å². The number of methoxy groups -OCH3 is 1. The molecule has 0 saturated carbocycles. The Balaban J connectivity index is 2.49. The van der Waals surface area contributed by atoms with Crippen molar-refractivity contribution in [2.24, 2.45) is 0 Å². The third-order valence-electron chi connectivity index (χ3n) is 2.18. The van der Waals surface area contributed by atoms with E-state index in [-0.39, 0.29) is 0 Å². The van der Waals surface area contributed by atoms with Crippen molar-refractivity contribution < 1.29 is 9.53 Å². The molecule has 0 aliphatic heterocycles. The third kappa shape index (κ3) is 2.10. The highest BCUT2D eigenvalue weighted by Crippen LogP contribution is 2.35. The lowest BCUT2D eigenvalue weighted by atomic mass is 10.2. The van der Waals surface area contributed by atoms with Gasteiger partial charge in [-0.05, 0) is 30.3 Å². The molecule has 0 aliphatic rings. The van der Waals surface area contributed by atoms with Crippen LogP contribution >= 0.6 is 22.9 Å². The van der Waals surface area contributed by atoms with E-state index in [4.69, 9.17) is 16.3 Å². The van der Waals surface area contributed by atoms with Gasteiger partial charge in [0.1, 0.15) is 5.75 Å². The number of ether oxygens (including phenoxy) is 1. The molecule has 0 bridgehead atoms. The summed E-state index contributed by atoms with van der Waals surface area (Å²) < 4.78 is 5.14. The van der Waals surface area contributed by atoms with Crippen LogP contribution in [0.15, 0.2) is 30.3 Å². The van der Waals surface area contributed by atoms with Crippen LogP contribution in [0.4, 0.5) is 0 Å². The Labute approximate surface area is 102 Å². The molecule has 4 heteroatoms. The Morgan fingerprint density at radius 2 is 2.12 bits per heavy atom. The topological polar surface area (TPSA) is 26.3 Å². The van der Waals surface area contributed by atoms with Crippen molar-refractivity contribution >= 4 is 29.2 Å². The van der Waals surface area contributed by atoms with Gasteiger partial charge in [-0.2, -0.15) is 0 Å². The summed E-state index contributed by atoms with van der Waals surface area (Å²) in [6.07, 6.45) is 0.836. The summed E-state index contributed by atoms with van der Waals surface area (Å²) in [6, 6.07) is 9.12. The van der Waals surface area contributed by atoms with Crippen LogP contribution in [-0.4, -0.2) is 13.4 Å². The Kier molecular flexibility index (Phi) is 3.27. The number of carbonyl (C=O) groups excluding carboxylic acids is 1. The zero-order valence-corrected chi connectivity index (χ0v) is 10.1. The smallest absolute Gasteiger partial charge is 0.160 e.